The number of ketones is 1. The molecular formula is C23H17Br2O6PS. The highest BCUT2D eigenvalue weighted by atomic mass is 79.9. The van der Waals surface area contributed by atoms with Gasteiger partial charge in [-0.25, -0.2) is 9.09 Å². The third-order valence-electron chi connectivity index (χ3n) is 4.79. The van der Waals surface area contributed by atoms with Gasteiger partial charge in [-0.2, -0.15) is 0 Å². The van der Waals surface area contributed by atoms with E-state index in [0.717, 1.165) is 20.5 Å². The van der Waals surface area contributed by atoms with Gasteiger partial charge < -0.3 is 14.5 Å². The first-order chi connectivity index (χ1) is 15.7. The minimum Gasteiger partial charge on any atom is -0.465 e. The molecule has 1 aromatic heterocycles. The molecule has 6 nitrogen and oxygen atoms in total. The Balaban J connectivity index is 1.70. The van der Waals surface area contributed by atoms with Crippen LogP contribution >= 0.6 is 51.0 Å². The van der Waals surface area contributed by atoms with Crippen LogP contribution in [-0.4, -0.2) is 22.4 Å². The molecule has 170 valence electrons. The van der Waals surface area contributed by atoms with E-state index in [1.165, 1.54) is 0 Å². The number of thiophene rings is 1. The molecule has 0 spiro atoms. The molecule has 0 atom stereocenters. The van der Waals surface area contributed by atoms with E-state index in [-0.39, 0.29) is 11.5 Å². The molecule has 0 saturated heterocycles. The van der Waals surface area contributed by atoms with Gasteiger partial charge in [0.05, 0.1) is 8.95 Å². The maximum absolute atomic E-state index is 13.7. The average molecular weight is 612 g/mol. The SMILES string of the molecule is O=C(c1cc(Br)c(OCOP(=O)(O)O)c(Br)c1)c1c(Cc2ccccc2)sc2ccccc12. The number of phosphoric ester groups is 1. The van der Waals surface area contributed by atoms with Gasteiger partial charge in [0.1, 0.15) is 0 Å². The molecule has 0 bridgehead atoms. The highest BCUT2D eigenvalue weighted by Crippen LogP contribution is 2.40. The Hall–Kier alpha value is -1.84. The largest absolute Gasteiger partial charge is 0.472 e. The van der Waals surface area contributed by atoms with Crippen molar-refractivity contribution in [2.24, 2.45) is 0 Å². The van der Waals surface area contributed by atoms with E-state index in [1.54, 1.807) is 23.5 Å². The van der Waals surface area contributed by atoms with Crippen molar-refractivity contribution in [1.82, 2.24) is 0 Å². The summed E-state index contributed by atoms with van der Waals surface area (Å²) < 4.78 is 22.5. The number of fused-ring (bicyclic) bond motifs is 1. The molecule has 0 aliphatic rings. The molecule has 0 amide bonds. The Bertz CT molecular complexity index is 1340. The van der Waals surface area contributed by atoms with Crippen molar-refractivity contribution >= 4 is 66.9 Å². The second-order valence-electron chi connectivity index (χ2n) is 7.04. The lowest BCUT2D eigenvalue weighted by Crippen LogP contribution is -2.06. The third-order valence-corrected chi connectivity index (χ3v) is 7.58. The number of benzene rings is 3. The first kappa shape index (κ1) is 24.3. The van der Waals surface area contributed by atoms with Crippen molar-refractivity contribution in [3.63, 3.8) is 0 Å². The lowest BCUT2D eigenvalue weighted by atomic mass is 9.97. The molecule has 3 aromatic carbocycles. The topological polar surface area (TPSA) is 93.1 Å². The molecule has 0 aliphatic heterocycles. The fourth-order valence-corrected chi connectivity index (χ4v) is 6.22. The Morgan fingerprint density at radius 2 is 1.61 bits per heavy atom. The van der Waals surface area contributed by atoms with Crippen molar-refractivity contribution in [1.29, 1.82) is 0 Å². The minimum absolute atomic E-state index is 0.127. The molecule has 0 unspecified atom stereocenters. The molecular weight excluding hydrogens is 595 g/mol. The van der Waals surface area contributed by atoms with Crippen LogP contribution in [0.25, 0.3) is 10.1 Å². The number of hydrogen-bond acceptors (Lipinski definition) is 5. The van der Waals surface area contributed by atoms with Crippen molar-refractivity contribution in [3.05, 3.63) is 97.2 Å². The first-order valence-electron chi connectivity index (χ1n) is 9.64. The maximum Gasteiger partial charge on any atom is 0.472 e. The van der Waals surface area contributed by atoms with Gasteiger partial charge in [-0.3, -0.25) is 4.79 Å². The summed E-state index contributed by atoms with van der Waals surface area (Å²) in [5.74, 6) is 0.137. The Morgan fingerprint density at radius 1 is 0.970 bits per heavy atom. The van der Waals surface area contributed by atoms with Crippen LogP contribution in [0.1, 0.15) is 26.4 Å². The highest BCUT2D eigenvalue weighted by molar-refractivity contribution is 9.11. The highest BCUT2D eigenvalue weighted by Gasteiger charge is 2.23. The molecule has 2 N–H and O–H groups in total. The van der Waals surface area contributed by atoms with Crippen LogP contribution in [0.3, 0.4) is 0 Å². The molecule has 0 saturated carbocycles. The van der Waals surface area contributed by atoms with E-state index >= 15 is 0 Å². The minimum atomic E-state index is -4.66. The zero-order valence-corrected chi connectivity index (χ0v) is 21.8. The van der Waals surface area contributed by atoms with Crippen molar-refractivity contribution < 1.29 is 28.4 Å². The summed E-state index contributed by atoms with van der Waals surface area (Å²) in [6.07, 6.45) is 0.643. The lowest BCUT2D eigenvalue weighted by Gasteiger charge is -2.13. The van der Waals surface area contributed by atoms with Crippen LogP contribution in [0.2, 0.25) is 0 Å². The van der Waals surface area contributed by atoms with Gasteiger partial charge in [0.2, 0.25) is 0 Å². The monoisotopic (exact) mass is 610 g/mol. The van der Waals surface area contributed by atoms with Crippen LogP contribution in [0, 0.1) is 0 Å². The number of ether oxygens (including phenoxy) is 1. The summed E-state index contributed by atoms with van der Waals surface area (Å²) in [7, 11) is -4.66. The molecule has 0 radical (unpaired) electrons. The summed E-state index contributed by atoms with van der Waals surface area (Å²) in [5.41, 5.74) is 2.22. The van der Waals surface area contributed by atoms with E-state index in [2.05, 4.69) is 36.4 Å². The number of carbonyl (C=O) groups is 1. The lowest BCUT2D eigenvalue weighted by molar-refractivity contribution is 0.0818. The number of rotatable bonds is 8. The second-order valence-corrected chi connectivity index (χ2v) is 11.1. The van der Waals surface area contributed by atoms with Gasteiger partial charge in [0, 0.05) is 32.5 Å². The molecule has 1 heterocycles. The number of phosphoric acid groups is 1. The van der Waals surface area contributed by atoms with Gasteiger partial charge in [0.15, 0.2) is 18.3 Å². The zero-order chi connectivity index (χ0) is 23.6. The predicted molar refractivity (Wildman–Crippen MR) is 135 cm³/mol. The van der Waals surface area contributed by atoms with Gasteiger partial charge in [-0.1, -0.05) is 48.5 Å². The Kier molecular flexibility index (Phi) is 7.50. The van der Waals surface area contributed by atoms with Crippen molar-refractivity contribution in [2.45, 2.75) is 6.42 Å². The van der Waals surface area contributed by atoms with E-state index < -0.39 is 14.6 Å². The summed E-state index contributed by atoms with van der Waals surface area (Å²) in [5, 5.41) is 0.904. The van der Waals surface area contributed by atoms with Gasteiger partial charge in [-0.15, -0.1) is 11.3 Å². The molecule has 4 rings (SSSR count). The van der Waals surface area contributed by atoms with E-state index in [1.807, 2.05) is 54.6 Å². The van der Waals surface area contributed by atoms with Crippen LogP contribution in [-0.2, 0) is 15.5 Å². The number of hydrogen-bond donors (Lipinski definition) is 2. The molecule has 4 aromatic rings. The summed E-state index contributed by atoms with van der Waals surface area (Å²) in [6, 6.07) is 21.1. The summed E-state index contributed by atoms with van der Waals surface area (Å²) in [6.45, 7) is -0.648. The van der Waals surface area contributed by atoms with E-state index in [9.17, 15) is 9.36 Å². The van der Waals surface area contributed by atoms with E-state index in [0.29, 0.717) is 26.5 Å². The fraction of sp³-hybridized carbons (Fsp3) is 0.0870. The third kappa shape index (κ3) is 5.81. The standard InChI is InChI=1S/C23H17Br2O6PS/c24-17-11-15(12-18(25)23(17)30-13-31-32(27,28)29)22(26)21-16-8-4-5-9-19(16)33-20(21)10-14-6-2-1-3-7-14/h1-9,11-12H,10,13H2,(H2,27,28,29). The van der Waals surface area contributed by atoms with Crippen molar-refractivity contribution in [3.8, 4) is 5.75 Å². The molecule has 33 heavy (non-hydrogen) atoms. The van der Waals surface area contributed by atoms with Crippen LogP contribution in [0.15, 0.2) is 75.7 Å². The first-order valence-corrected chi connectivity index (χ1v) is 13.6. The Labute approximate surface area is 210 Å². The van der Waals surface area contributed by atoms with Gasteiger partial charge in [-0.05, 0) is 55.6 Å². The van der Waals surface area contributed by atoms with E-state index in [4.69, 9.17) is 14.5 Å². The fourth-order valence-electron chi connectivity index (χ4n) is 3.38. The van der Waals surface area contributed by atoms with Crippen LogP contribution in [0.5, 0.6) is 5.75 Å². The van der Waals surface area contributed by atoms with Crippen LogP contribution < -0.4 is 4.74 Å². The summed E-state index contributed by atoms with van der Waals surface area (Å²) >= 11 is 8.36. The maximum atomic E-state index is 13.7. The molecule has 10 heteroatoms. The molecule has 0 aliphatic carbocycles. The molecule has 0 fully saturated rings. The van der Waals surface area contributed by atoms with Gasteiger partial charge in [0.25, 0.3) is 0 Å². The predicted octanol–water partition coefficient (Wildman–Crippen LogP) is 6.69. The van der Waals surface area contributed by atoms with Gasteiger partial charge >= 0.3 is 7.82 Å². The summed E-state index contributed by atoms with van der Waals surface area (Å²) in [4.78, 5) is 32.3. The number of carbonyl (C=O) groups excluding carboxylic acids is 1. The zero-order valence-electron chi connectivity index (χ0n) is 16.9. The number of halogens is 2. The Morgan fingerprint density at radius 3 is 2.27 bits per heavy atom. The van der Waals surface area contributed by atoms with Crippen LogP contribution in [0.4, 0.5) is 0 Å². The van der Waals surface area contributed by atoms with Crippen molar-refractivity contribution in [2.75, 3.05) is 6.79 Å². The quantitative estimate of drug-likeness (QED) is 0.131. The average Bonchev–Trinajstić information content (AvgIpc) is 3.12. The normalized spacial score (nSPS) is 11.6. The second kappa shape index (κ2) is 10.2. The smallest absolute Gasteiger partial charge is 0.465 e.